The fraction of sp³-hybridized carbons (Fsp3) is 0.640. The van der Waals surface area contributed by atoms with Gasteiger partial charge in [-0.1, -0.05) is 33.1 Å². The number of halogens is 1. The van der Waals surface area contributed by atoms with Crippen molar-refractivity contribution in [1.82, 2.24) is 4.57 Å². The van der Waals surface area contributed by atoms with E-state index in [0.717, 1.165) is 38.5 Å². The Morgan fingerprint density at radius 3 is 2.29 bits per heavy atom. The van der Waals surface area contributed by atoms with Gasteiger partial charge in [0.1, 0.15) is 5.82 Å². The van der Waals surface area contributed by atoms with E-state index in [2.05, 4.69) is 5.32 Å². The lowest BCUT2D eigenvalue weighted by Crippen LogP contribution is -2.24. The van der Waals surface area contributed by atoms with Gasteiger partial charge in [0.25, 0.3) is 0 Å². The molecule has 0 radical (unpaired) electrons. The molecule has 2 aromatic rings. The molecule has 0 bridgehead atoms. The second-order valence-corrected chi connectivity index (χ2v) is 11.0. The molecule has 1 atom stereocenters. The summed E-state index contributed by atoms with van der Waals surface area (Å²) in [6.07, 6.45) is 8.49. The van der Waals surface area contributed by atoms with Gasteiger partial charge in [-0.15, -0.1) is 0 Å². The number of anilines is 1. The Morgan fingerprint density at radius 2 is 1.74 bits per heavy atom. The highest BCUT2D eigenvalue weighted by molar-refractivity contribution is 7.54. The Kier molecular flexibility index (Phi) is 9.33. The minimum absolute atomic E-state index is 0.000569. The molecular weight excluding hydrogens is 458 g/mol. The van der Waals surface area contributed by atoms with E-state index in [4.69, 9.17) is 9.05 Å². The van der Waals surface area contributed by atoms with Crippen LogP contribution in [0.5, 0.6) is 0 Å². The molecule has 0 spiro atoms. The highest BCUT2D eigenvalue weighted by Gasteiger charge is 2.38. The summed E-state index contributed by atoms with van der Waals surface area (Å²) in [6, 6.07) is 3.13. The lowest BCUT2D eigenvalue weighted by Gasteiger charge is -2.27. The normalized spacial score (nSPS) is 16.3. The Bertz CT molecular complexity index is 1070. The van der Waals surface area contributed by atoms with Gasteiger partial charge in [0.2, 0.25) is 0 Å². The maximum absolute atomic E-state index is 15.2. The van der Waals surface area contributed by atoms with Crippen molar-refractivity contribution in [2.45, 2.75) is 90.6 Å². The van der Waals surface area contributed by atoms with E-state index in [1.54, 1.807) is 26.1 Å². The van der Waals surface area contributed by atoms with Crippen LogP contribution in [0, 0.1) is 5.82 Å². The average Bonchev–Trinajstić information content (AvgIpc) is 2.82. The summed E-state index contributed by atoms with van der Waals surface area (Å²) in [5.41, 5.74) is 0.266. The molecule has 1 aromatic carbocycles. The highest BCUT2D eigenvalue weighted by Crippen LogP contribution is 2.59. The van der Waals surface area contributed by atoms with Gasteiger partial charge in [-0.3, -0.25) is 9.36 Å². The largest absolute Gasteiger partial charge is 0.380 e. The zero-order valence-corrected chi connectivity index (χ0v) is 21.6. The fourth-order valence-corrected chi connectivity index (χ4v) is 6.45. The van der Waals surface area contributed by atoms with Crippen molar-refractivity contribution >= 4 is 24.2 Å². The Labute approximate surface area is 201 Å². The van der Waals surface area contributed by atoms with Crippen molar-refractivity contribution in [1.29, 1.82) is 0 Å². The molecule has 0 saturated heterocycles. The molecule has 34 heavy (non-hydrogen) atoms. The maximum Gasteiger partial charge on any atom is 0.363 e. The monoisotopic (exact) mass is 496 g/mol. The van der Waals surface area contributed by atoms with Crippen LogP contribution in [0.15, 0.2) is 23.1 Å². The molecular formula is C25H38FN2O5P. The fourth-order valence-electron chi connectivity index (χ4n) is 4.85. The molecule has 2 N–H and O–H groups in total. The molecule has 1 aliphatic rings. The summed E-state index contributed by atoms with van der Waals surface area (Å²) in [5.74, 6) is -2.29. The number of rotatable bonds is 11. The summed E-state index contributed by atoms with van der Waals surface area (Å²) in [6.45, 7) is 7.43. The number of pyridine rings is 1. The minimum Gasteiger partial charge on any atom is -0.380 e. The van der Waals surface area contributed by atoms with Crippen molar-refractivity contribution in [3.63, 3.8) is 0 Å². The zero-order valence-electron chi connectivity index (χ0n) is 20.7. The summed E-state index contributed by atoms with van der Waals surface area (Å²) in [4.78, 5) is 13.4. The third kappa shape index (κ3) is 5.56. The van der Waals surface area contributed by atoms with E-state index < -0.39 is 24.7 Å². The number of hydrogen-bond donors (Lipinski definition) is 2. The van der Waals surface area contributed by atoms with Crippen molar-refractivity contribution in [2.24, 2.45) is 0 Å². The quantitative estimate of drug-likeness (QED) is 0.345. The van der Waals surface area contributed by atoms with Gasteiger partial charge >= 0.3 is 7.60 Å². The van der Waals surface area contributed by atoms with Crippen molar-refractivity contribution in [2.75, 3.05) is 18.5 Å². The standard InChI is InChI=1S/C25H38FN2O5P/c1-5-18(6-2)28-16-20(25(30)34(31,32-7-3)33-8-4)24(29)19-14-21(26)22(15-23(19)28)27-17-12-10-9-11-13-17/h14-18,25,27,30H,5-13H2,1-4H3. The Hall–Kier alpha value is -1.73. The first-order valence-corrected chi connectivity index (χ1v) is 14.1. The van der Waals surface area contributed by atoms with Crippen LogP contribution in [0.3, 0.4) is 0 Å². The lowest BCUT2D eigenvalue weighted by molar-refractivity contribution is 0.149. The van der Waals surface area contributed by atoms with Gasteiger partial charge in [-0.25, -0.2) is 4.39 Å². The SMILES string of the molecule is CCOP(=O)(OCC)C(O)c1cn(C(CC)CC)c2cc(NC3CCCCC3)c(F)cc2c1=O. The maximum atomic E-state index is 15.2. The molecule has 9 heteroatoms. The van der Waals surface area contributed by atoms with E-state index in [1.165, 1.54) is 12.5 Å². The van der Waals surface area contributed by atoms with E-state index in [-0.39, 0.29) is 36.2 Å². The van der Waals surface area contributed by atoms with Gasteiger partial charge in [0.15, 0.2) is 11.3 Å². The first-order chi connectivity index (χ1) is 16.3. The van der Waals surface area contributed by atoms with Gasteiger partial charge in [-0.05, 0) is 51.7 Å². The van der Waals surface area contributed by atoms with Crippen LogP contribution in [0.25, 0.3) is 10.9 Å². The second kappa shape index (κ2) is 11.8. The Morgan fingerprint density at radius 1 is 1.12 bits per heavy atom. The topological polar surface area (TPSA) is 89.8 Å². The van der Waals surface area contributed by atoms with Crippen LogP contribution in [-0.2, 0) is 13.6 Å². The predicted molar refractivity (Wildman–Crippen MR) is 134 cm³/mol. The molecule has 1 unspecified atom stereocenters. The summed E-state index contributed by atoms with van der Waals surface area (Å²) < 4.78 is 40.9. The molecule has 1 heterocycles. The summed E-state index contributed by atoms with van der Waals surface area (Å²) in [7, 11) is -4.01. The minimum atomic E-state index is -4.01. The highest BCUT2D eigenvalue weighted by atomic mass is 31.2. The molecule has 3 rings (SSSR count). The number of aliphatic hydroxyl groups excluding tert-OH is 1. The van der Waals surface area contributed by atoms with Crippen LogP contribution < -0.4 is 10.7 Å². The number of aliphatic hydroxyl groups is 1. The second-order valence-electron chi connectivity index (χ2n) is 8.87. The Balaban J connectivity index is 2.19. The molecule has 190 valence electrons. The number of fused-ring (bicyclic) bond motifs is 1. The number of hydrogen-bond acceptors (Lipinski definition) is 6. The smallest absolute Gasteiger partial charge is 0.363 e. The van der Waals surface area contributed by atoms with E-state index >= 15 is 4.39 Å². The third-order valence-electron chi connectivity index (χ3n) is 6.65. The van der Waals surface area contributed by atoms with E-state index in [1.807, 2.05) is 18.4 Å². The van der Waals surface area contributed by atoms with Crippen molar-refractivity contribution in [3.8, 4) is 0 Å². The van der Waals surface area contributed by atoms with Gasteiger partial charge in [-0.2, -0.15) is 0 Å². The number of nitrogens with one attached hydrogen (secondary N) is 1. The first kappa shape index (κ1) is 26.9. The average molecular weight is 497 g/mol. The number of aromatic nitrogens is 1. The number of benzene rings is 1. The lowest BCUT2D eigenvalue weighted by atomic mass is 9.95. The predicted octanol–water partition coefficient (Wildman–Crippen LogP) is 6.50. The molecule has 1 saturated carbocycles. The van der Waals surface area contributed by atoms with E-state index in [0.29, 0.717) is 11.2 Å². The third-order valence-corrected chi connectivity index (χ3v) is 8.76. The molecule has 0 aliphatic heterocycles. The molecule has 7 nitrogen and oxygen atoms in total. The van der Waals surface area contributed by atoms with Crippen LogP contribution in [0.4, 0.5) is 10.1 Å². The number of nitrogens with zero attached hydrogens (tertiary/aromatic N) is 1. The van der Waals surface area contributed by atoms with Gasteiger partial charge < -0.3 is 24.0 Å². The van der Waals surface area contributed by atoms with Gasteiger partial charge in [0.05, 0.1) is 30.0 Å². The molecule has 1 aromatic heterocycles. The molecule has 0 amide bonds. The van der Waals surface area contributed by atoms with Crippen molar-refractivity contribution in [3.05, 3.63) is 39.9 Å². The summed E-state index contributed by atoms with van der Waals surface area (Å²) in [5, 5.41) is 14.5. The van der Waals surface area contributed by atoms with Crippen LogP contribution in [-0.4, -0.2) is 28.9 Å². The molecule has 1 aliphatic carbocycles. The van der Waals surface area contributed by atoms with E-state index in [9.17, 15) is 14.5 Å². The summed E-state index contributed by atoms with van der Waals surface area (Å²) >= 11 is 0. The van der Waals surface area contributed by atoms with Crippen LogP contribution >= 0.6 is 7.60 Å². The first-order valence-electron chi connectivity index (χ1n) is 12.5. The zero-order chi connectivity index (χ0) is 24.9. The molecule has 1 fully saturated rings. The van der Waals surface area contributed by atoms with Gasteiger partial charge in [0, 0.05) is 23.7 Å². The van der Waals surface area contributed by atoms with Crippen molar-refractivity contribution < 1.29 is 23.1 Å². The van der Waals surface area contributed by atoms with Crippen LogP contribution in [0.1, 0.15) is 90.1 Å². The van der Waals surface area contributed by atoms with Crippen LogP contribution in [0.2, 0.25) is 0 Å².